The Morgan fingerprint density at radius 3 is 3.05 bits per heavy atom. The zero-order valence-electron chi connectivity index (χ0n) is 11.0. The summed E-state index contributed by atoms with van der Waals surface area (Å²) in [7, 11) is 0. The molecule has 1 amide bonds. The van der Waals surface area contributed by atoms with Crippen LogP contribution in [0.2, 0.25) is 0 Å². The molecule has 1 aliphatic heterocycles. The van der Waals surface area contributed by atoms with E-state index in [0.29, 0.717) is 13.0 Å². The number of hydrogen-bond donors (Lipinski definition) is 3. The van der Waals surface area contributed by atoms with E-state index >= 15 is 0 Å². The minimum atomic E-state index is -0.636. The fourth-order valence-corrected chi connectivity index (χ4v) is 2.03. The number of rotatable bonds is 4. The molecular weight excluding hydrogens is 244 g/mol. The van der Waals surface area contributed by atoms with Crippen molar-refractivity contribution >= 4 is 5.91 Å². The summed E-state index contributed by atoms with van der Waals surface area (Å²) >= 11 is 0. The normalized spacial score (nSPS) is 20.9. The van der Waals surface area contributed by atoms with Crippen molar-refractivity contribution in [1.82, 2.24) is 5.32 Å². The van der Waals surface area contributed by atoms with E-state index in [1.54, 1.807) is 6.92 Å². The molecule has 0 fully saturated rings. The summed E-state index contributed by atoms with van der Waals surface area (Å²) in [5.74, 6) is 0.578. The molecule has 3 unspecified atom stereocenters. The summed E-state index contributed by atoms with van der Waals surface area (Å²) in [4.78, 5) is 12.0. The minimum Gasteiger partial charge on any atom is -0.492 e. The SMILES string of the molecule is CC(O)C(N)CNC(=O)C1COc2ccccc2C1. The molecule has 0 bridgehead atoms. The minimum absolute atomic E-state index is 0.0781. The smallest absolute Gasteiger partial charge is 0.226 e. The van der Waals surface area contributed by atoms with Crippen LogP contribution in [0.25, 0.3) is 0 Å². The zero-order valence-corrected chi connectivity index (χ0v) is 11.0. The molecule has 1 heterocycles. The number of nitrogens with two attached hydrogens (primary N) is 1. The van der Waals surface area contributed by atoms with Crippen LogP contribution in [0.5, 0.6) is 5.75 Å². The fraction of sp³-hybridized carbons (Fsp3) is 0.500. The summed E-state index contributed by atoms with van der Waals surface area (Å²) in [6.45, 7) is 2.26. The quantitative estimate of drug-likeness (QED) is 0.718. The van der Waals surface area contributed by atoms with Crippen molar-refractivity contribution in [3.63, 3.8) is 0 Å². The van der Waals surface area contributed by atoms with Crippen LogP contribution in [-0.2, 0) is 11.2 Å². The lowest BCUT2D eigenvalue weighted by molar-refractivity contribution is -0.126. The first-order chi connectivity index (χ1) is 9.08. The molecule has 104 valence electrons. The first kappa shape index (κ1) is 13.8. The van der Waals surface area contributed by atoms with Gasteiger partial charge in [0, 0.05) is 12.6 Å². The Morgan fingerprint density at radius 2 is 2.32 bits per heavy atom. The van der Waals surface area contributed by atoms with Crippen LogP contribution in [0.1, 0.15) is 12.5 Å². The van der Waals surface area contributed by atoms with Gasteiger partial charge in [0.15, 0.2) is 0 Å². The molecular formula is C14H20N2O3. The van der Waals surface area contributed by atoms with E-state index in [9.17, 15) is 9.90 Å². The largest absolute Gasteiger partial charge is 0.492 e. The highest BCUT2D eigenvalue weighted by atomic mass is 16.5. The van der Waals surface area contributed by atoms with Gasteiger partial charge in [0.1, 0.15) is 12.4 Å². The fourth-order valence-electron chi connectivity index (χ4n) is 2.03. The monoisotopic (exact) mass is 264 g/mol. The van der Waals surface area contributed by atoms with Crippen molar-refractivity contribution in [2.75, 3.05) is 13.2 Å². The van der Waals surface area contributed by atoms with Crippen LogP contribution in [0.4, 0.5) is 0 Å². The Kier molecular flexibility index (Phi) is 4.39. The van der Waals surface area contributed by atoms with Gasteiger partial charge in [-0.2, -0.15) is 0 Å². The van der Waals surface area contributed by atoms with Gasteiger partial charge in [-0.25, -0.2) is 0 Å². The van der Waals surface area contributed by atoms with Crippen LogP contribution >= 0.6 is 0 Å². The number of carbonyl (C=O) groups excluding carboxylic acids is 1. The molecule has 0 aliphatic carbocycles. The van der Waals surface area contributed by atoms with E-state index in [0.717, 1.165) is 11.3 Å². The first-order valence-electron chi connectivity index (χ1n) is 6.50. The average Bonchev–Trinajstić information content (AvgIpc) is 2.43. The van der Waals surface area contributed by atoms with E-state index in [4.69, 9.17) is 10.5 Å². The Hall–Kier alpha value is -1.59. The third kappa shape index (κ3) is 3.45. The Labute approximate surface area is 112 Å². The van der Waals surface area contributed by atoms with Crippen molar-refractivity contribution < 1.29 is 14.6 Å². The number of hydrogen-bond acceptors (Lipinski definition) is 4. The lowest BCUT2D eigenvalue weighted by atomic mass is 9.96. The molecule has 0 saturated carbocycles. The Morgan fingerprint density at radius 1 is 1.58 bits per heavy atom. The van der Waals surface area contributed by atoms with Gasteiger partial charge >= 0.3 is 0 Å². The van der Waals surface area contributed by atoms with E-state index in [1.165, 1.54) is 0 Å². The second-order valence-electron chi connectivity index (χ2n) is 4.97. The van der Waals surface area contributed by atoms with Gasteiger partial charge in [-0.1, -0.05) is 18.2 Å². The van der Waals surface area contributed by atoms with Crippen LogP contribution in [0, 0.1) is 5.92 Å². The topological polar surface area (TPSA) is 84.6 Å². The van der Waals surface area contributed by atoms with E-state index in [1.807, 2.05) is 24.3 Å². The van der Waals surface area contributed by atoms with Gasteiger partial charge in [-0.15, -0.1) is 0 Å². The molecule has 5 heteroatoms. The molecule has 1 aliphatic rings. The standard InChI is InChI=1S/C14H20N2O3/c1-9(17)12(15)7-16-14(18)11-6-10-4-2-3-5-13(10)19-8-11/h2-5,9,11-12,17H,6-8,15H2,1H3,(H,16,18). The second-order valence-corrected chi connectivity index (χ2v) is 4.97. The van der Waals surface area contributed by atoms with Gasteiger partial charge in [0.25, 0.3) is 0 Å². The summed E-state index contributed by atoms with van der Waals surface area (Å²) in [6, 6.07) is 7.29. The molecule has 4 N–H and O–H groups in total. The maximum Gasteiger partial charge on any atom is 0.226 e. The predicted octanol–water partition coefficient (Wildman–Crippen LogP) is 0.0620. The molecule has 0 saturated heterocycles. The number of fused-ring (bicyclic) bond motifs is 1. The molecule has 1 aromatic carbocycles. The van der Waals surface area contributed by atoms with Crippen molar-refractivity contribution in [2.45, 2.75) is 25.5 Å². The predicted molar refractivity (Wildman–Crippen MR) is 71.8 cm³/mol. The molecule has 19 heavy (non-hydrogen) atoms. The second kappa shape index (κ2) is 6.04. The van der Waals surface area contributed by atoms with Crippen LogP contribution in [0.15, 0.2) is 24.3 Å². The lowest BCUT2D eigenvalue weighted by Gasteiger charge is -2.25. The van der Waals surface area contributed by atoms with Gasteiger partial charge < -0.3 is 20.9 Å². The molecule has 5 nitrogen and oxygen atoms in total. The molecule has 0 radical (unpaired) electrons. The van der Waals surface area contributed by atoms with Crippen molar-refractivity contribution in [3.05, 3.63) is 29.8 Å². The highest BCUT2D eigenvalue weighted by molar-refractivity contribution is 5.79. The molecule has 0 aromatic heterocycles. The van der Waals surface area contributed by atoms with E-state index in [2.05, 4.69) is 5.32 Å². The number of aliphatic hydroxyl groups is 1. The van der Waals surface area contributed by atoms with Gasteiger partial charge in [0.05, 0.1) is 12.0 Å². The first-order valence-corrected chi connectivity index (χ1v) is 6.50. The van der Waals surface area contributed by atoms with Crippen LogP contribution in [0.3, 0.4) is 0 Å². The summed E-state index contributed by atoms with van der Waals surface area (Å²) in [5.41, 5.74) is 6.72. The van der Waals surface area contributed by atoms with Crippen molar-refractivity contribution in [2.24, 2.45) is 11.7 Å². The maximum atomic E-state index is 12.0. The molecule has 1 aromatic rings. The highest BCUT2D eigenvalue weighted by Gasteiger charge is 2.26. The number of amides is 1. The number of nitrogens with one attached hydrogen (secondary N) is 1. The van der Waals surface area contributed by atoms with Crippen LogP contribution in [-0.4, -0.2) is 36.3 Å². The van der Waals surface area contributed by atoms with E-state index in [-0.39, 0.29) is 18.4 Å². The number of aliphatic hydroxyl groups excluding tert-OH is 1. The number of carbonyl (C=O) groups is 1. The third-order valence-corrected chi connectivity index (χ3v) is 3.38. The van der Waals surface area contributed by atoms with E-state index < -0.39 is 12.1 Å². The average molecular weight is 264 g/mol. The molecule has 2 rings (SSSR count). The summed E-state index contributed by atoms with van der Waals surface area (Å²) in [6.07, 6.45) is 0.0370. The third-order valence-electron chi connectivity index (χ3n) is 3.38. The van der Waals surface area contributed by atoms with Gasteiger partial charge in [-0.05, 0) is 25.0 Å². The number of ether oxygens (including phenoxy) is 1. The van der Waals surface area contributed by atoms with Gasteiger partial charge in [-0.3, -0.25) is 4.79 Å². The summed E-state index contributed by atoms with van der Waals surface area (Å²) in [5, 5.41) is 12.0. The molecule has 3 atom stereocenters. The Balaban J connectivity index is 1.89. The van der Waals surface area contributed by atoms with Gasteiger partial charge in [0.2, 0.25) is 5.91 Å². The van der Waals surface area contributed by atoms with Crippen molar-refractivity contribution in [1.29, 1.82) is 0 Å². The highest BCUT2D eigenvalue weighted by Crippen LogP contribution is 2.26. The van der Waals surface area contributed by atoms with Crippen LogP contribution < -0.4 is 15.8 Å². The molecule has 0 spiro atoms. The number of para-hydroxylation sites is 1. The number of benzene rings is 1. The van der Waals surface area contributed by atoms with Crippen molar-refractivity contribution in [3.8, 4) is 5.75 Å². The lowest BCUT2D eigenvalue weighted by Crippen LogP contribution is -2.46. The zero-order chi connectivity index (χ0) is 13.8. The maximum absolute atomic E-state index is 12.0. The summed E-state index contributed by atoms with van der Waals surface area (Å²) < 4.78 is 5.57. The Bertz CT molecular complexity index is 448.